The minimum Gasteiger partial charge on any atom is -0.267 e. The second-order valence-electron chi connectivity index (χ2n) is 5.29. The van der Waals surface area contributed by atoms with Gasteiger partial charge in [0.2, 0.25) is 0 Å². The fraction of sp³-hybridized carbons (Fsp3) is 0.500. The monoisotopic (exact) mass is 243 g/mol. The smallest absolute Gasteiger partial charge is 0.267 e. The van der Waals surface area contributed by atoms with Crippen molar-refractivity contribution in [3.63, 3.8) is 0 Å². The summed E-state index contributed by atoms with van der Waals surface area (Å²) in [4.78, 5) is 15.6. The number of fused-ring (bicyclic) bond motifs is 2. The summed E-state index contributed by atoms with van der Waals surface area (Å²) < 4.78 is 0. The van der Waals surface area contributed by atoms with Crippen LogP contribution in [0.2, 0.25) is 0 Å². The number of hydrogen-bond acceptors (Lipinski definition) is 3. The van der Waals surface area contributed by atoms with E-state index in [2.05, 4.69) is 15.5 Å². The summed E-state index contributed by atoms with van der Waals surface area (Å²) in [5.74, 6) is 2.11. The predicted molar refractivity (Wildman–Crippen MR) is 69.1 cm³/mol. The number of nitrogens with zero attached hydrogens (tertiary/aromatic N) is 2. The molecule has 1 aromatic rings. The molecule has 2 saturated carbocycles. The third-order valence-electron chi connectivity index (χ3n) is 4.17. The normalized spacial score (nSPS) is 29.9. The number of nitrogens with one attached hydrogen (secondary N) is 1. The Balaban J connectivity index is 1.54. The zero-order valence-corrected chi connectivity index (χ0v) is 10.2. The largest absolute Gasteiger partial charge is 0.271 e. The van der Waals surface area contributed by atoms with Gasteiger partial charge < -0.3 is 0 Å². The van der Waals surface area contributed by atoms with E-state index < -0.39 is 0 Å². The van der Waals surface area contributed by atoms with Crippen LogP contribution in [0.3, 0.4) is 0 Å². The predicted octanol–water partition coefficient (Wildman–Crippen LogP) is 2.23. The summed E-state index contributed by atoms with van der Waals surface area (Å²) >= 11 is 0. The molecule has 3 rings (SSSR count). The Hall–Kier alpha value is -1.71. The van der Waals surface area contributed by atoms with Crippen molar-refractivity contribution in [3.8, 4) is 0 Å². The van der Waals surface area contributed by atoms with Crippen LogP contribution in [-0.4, -0.2) is 17.1 Å². The summed E-state index contributed by atoms with van der Waals surface area (Å²) in [6, 6.07) is 3.37. The maximum atomic E-state index is 11.7. The summed E-state index contributed by atoms with van der Waals surface area (Å²) in [7, 11) is 0. The van der Waals surface area contributed by atoms with Gasteiger partial charge in [-0.15, -0.1) is 0 Å². The van der Waals surface area contributed by atoms with Crippen molar-refractivity contribution in [3.05, 3.63) is 30.1 Å². The van der Waals surface area contributed by atoms with E-state index in [9.17, 15) is 4.79 Å². The highest BCUT2D eigenvalue weighted by molar-refractivity contribution is 5.94. The topological polar surface area (TPSA) is 54.4 Å². The van der Waals surface area contributed by atoms with Gasteiger partial charge >= 0.3 is 0 Å². The molecule has 0 aromatic carbocycles. The van der Waals surface area contributed by atoms with Crippen molar-refractivity contribution in [2.24, 2.45) is 22.9 Å². The highest BCUT2D eigenvalue weighted by Gasteiger charge is 2.38. The molecule has 2 aliphatic rings. The van der Waals surface area contributed by atoms with Gasteiger partial charge in [-0.05, 0) is 49.1 Å². The molecule has 0 spiro atoms. The van der Waals surface area contributed by atoms with Gasteiger partial charge in [0.25, 0.3) is 5.91 Å². The molecule has 2 aliphatic carbocycles. The molecule has 4 heteroatoms. The number of carbonyl (C=O) groups is 1. The molecule has 1 aromatic heterocycles. The Labute approximate surface area is 107 Å². The number of hydrazone groups is 1. The van der Waals surface area contributed by atoms with Crippen LogP contribution < -0.4 is 5.43 Å². The van der Waals surface area contributed by atoms with Gasteiger partial charge in [-0.25, -0.2) is 5.43 Å². The first kappa shape index (κ1) is 11.4. The third-order valence-corrected chi connectivity index (χ3v) is 4.17. The molecular formula is C14H17N3O. The summed E-state index contributed by atoms with van der Waals surface area (Å²) in [6.45, 7) is 0. The highest BCUT2D eigenvalue weighted by Crippen LogP contribution is 2.47. The van der Waals surface area contributed by atoms with Crippen LogP contribution in [0, 0.1) is 17.8 Å². The first-order valence-electron chi connectivity index (χ1n) is 6.56. The van der Waals surface area contributed by atoms with Crippen molar-refractivity contribution in [2.45, 2.75) is 25.7 Å². The number of hydrogen-bond donors (Lipinski definition) is 1. The molecule has 0 unspecified atom stereocenters. The lowest BCUT2D eigenvalue weighted by Gasteiger charge is -2.16. The van der Waals surface area contributed by atoms with Gasteiger partial charge in [0.15, 0.2) is 0 Å². The fourth-order valence-electron chi connectivity index (χ4n) is 3.24. The van der Waals surface area contributed by atoms with Crippen LogP contribution in [0.5, 0.6) is 0 Å². The minimum atomic E-state index is -0.170. The van der Waals surface area contributed by atoms with Gasteiger partial charge in [-0.3, -0.25) is 9.78 Å². The van der Waals surface area contributed by atoms with Crippen molar-refractivity contribution < 1.29 is 4.79 Å². The maximum Gasteiger partial charge on any atom is 0.271 e. The van der Waals surface area contributed by atoms with E-state index >= 15 is 0 Å². The molecule has 1 amide bonds. The second kappa shape index (κ2) is 4.88. The molecule has 1 N–H and O–H groups in total. The van der Waals surface area contributed by atoms with E-state index in [0.29, 0.717) is 11.5 Å². The molecule has 94 valence electrons. The van der Waals surface area contributed by atoms with Gasteiger partial charge in [0, 0.05) is 24.2 Å². The molecule has 4 nitrogen and oxygen atoms in total. The van der Waals surface area contributed by atoms with Gasteiger partial charge in [-0.1, -0.05) is 6.42 Å². The van der Waals surface area contributed by atoms with Crippen LogP contribution in [0.15, 0.2) is 29.6 Å². The molecule has 18 heavy (non-hydrogen) atoms. The average Bonchev–Trinajstić information content (AvgIpc) is 3.02. The van der Waals surface area contributed by atoms with Gasteiger partial charge in [0.05, 0.1) is 0 Å². The van der Waals surface area contributed by atoms with Crippen molar-refractivity contribution >= 4 is 12.1 Å². The standard InChI is InChI=1S/C14H17N3O/c18-14(11-3-5-15-6-4-11)17-16-9-13-8-10-1-2-12(13)7-10/h3-6,9-10,12-13H,1-2,7-8H2,(H,17,18)/b16-9-/t10-,12-,13+/m0/s1. The van der Waals surface area contributed by atoms with Crippen LogP contribution in [-0.2, 0) is 0 Å². The molecule has 2 bridgehead atoms. The SMILES string of the molecule is O=C(N/N=C\[C@H]1C[C@H]2CC[C@H]1C2)c1ccncc1. The van der Waals surface area contributed by atoms with Crippen LogP contribution in [0.25, 0.3) is 0 Å². The first-order valence-corrected chi connectivity index (χ1v) is 6.56. The molecule has 1 heterocycles. The molecular weight excluding hydrogens is 226 g/mol. The lowest BCUT2D eigenvalue weighted by molar-refractivity contribution is 0.0954. The van der Waals surface area contributed by atoms with Gasteiger partial charge in [-0.2, -0.15) is 5.10 Å². The number of rotatable bonds is 3. The Bertz CT molecular complexity index is 457. The quantitative estimate of drug-likeness (QED) is 0.653. The molecule has 2 fully saturated rings. The van der Waals surface area contributed by atoms with E-state index in [4.69, 9.17) is 0 Å². The number of carbonyl (C=O) groups excluding carboxylic acids is 1. The van der Waals surface area contributed by atoms with E-state index in [0.717, 1.165) is 11.8 Å². The van der Waals surface area contributed by atoms with Crippen molar-refractivity contribution in [1.29, 1.82) is 0 Å². The Morgan fingerprint density at radius 1 is 1.33 bits per heavy atom. The lowest BCUT2D eigenvalue weighted by Crippen LogP contribution is -2.20. The Morgan fingerprint density at radius 2 is 2.17 bits per heavy atom. The average molecular weight is 243 g/mol. The lowest BCUT2D eigenvalue weighted by atomic mass is 9.90. The maximum absolute atomic E-state index is 11.7. The number of amides is 1. The highest BCUT2D eigenvalue weighted by atomic mass is 16.2. The van der Waals surface area contributed by atoms with Crippen LogP contribution >= 0.6 is 0 Å². The summed E-state index contributed by atoms with van der Waals surface area (Å²) in [6.07, 6.45) is 10.5. The summed E-state index contributed by atoms with van der Waals surface area (Å²) in [5.41, 5.74) is 3.18. The Kier molecular flexibility index (Phi) is 3.09. The van der Waals surface area contributed by atoms with E-state index in [1.165, 1.54) is 25.7 Å². The zero-order chi connectivity index (χ0) is 12.4. The van der Waals surface area contributed by atoms with Crippen LogP contribution in [0.1, 0.15) is 36.0 Å². The molecule has 0 radical (unpaired) electrons. The third kappa shape index (κ3) is 2.28. The zero-order valence-electron chi connectivity index (χ0n) is 10.2. The van der Waals surface area contributed by atoms with Gasteiger partial charge in [0.1, 0.15) is 0 Å². The van der Waals surface area contributed by atoms with E-state index in [1.54, 1.807) is 24.5 Å². The second-order valence-corrected chi connectivity index (χ2v) is 5.29. The number of pyridine rings is 1. The van der Waals surface area contributed by atoms with E-state index in [1.807, 2.05) is 6.21 Å². The first-order chi connectivity index (χ1) is 8.83. The summed E-state index contributed by atoms with van der Waals surface area (Å²) in [5, 5.41) is 4.10. The van der Waals surface area contributed by atoms with Crippen molar-refractivity contribution in [2.75, 3.05) is 0 Å². The van der Waals surface area contributed by atoms with Crippen LogP contribution in [0.4, 0.5) is 0 Å². The Morgan fingerprint density at radius 3 is 2.83 bits per heavy atom. The fourth-order valence-corrected chi connectivity index (χ4v) is 3.24. The molecule has 3 atom stereocenters. The minimum absolute atomic E-state index is 0.170. The van der Waals surface area contributed by atoms with Crippen molar-refractivity contribution in [1.82, 2.24) is 10.4 Å². The number of aromatic nitrogens is 1. The molecule has 0 saturated heterocycles. The molecule has 0 aliphatic heterocycles. The van der Waals surface area contributed by atoms with E-state index in [-0.39, 0.29) is 5.91 Å².